The molecular formula is C16H25NO6. The van der Waals surface area contributed by atoms with E-state index in [0.717, 1.165) is 18.7 Å². The molecule has 0 aliphatic carbocycles. The highest BCUT2D eigenvalue weighted by molar-refractivity contribution is 6.27. The fourth-order valence-electron chi connectivity index (χ4n) is 1.72. The number of rotatable bonds is 7. The van der Waals surface area contributed by atoms with Crippen molar-refractivity contribution in [3.8, 4) is 5.75 Å². The van der Waals surface area contributed by atoms with Crippen LogP contribution in [0, 0.1) is 20.8 Å². The molecule has 0 radical (unpaired) electrons. The molecule has 0 saturated heterocycles. The first-order chi connectivity index (χ1) is 10.8. The molecular weight excluding hydrogens is 302 g/mol. The first-order valence-electron chi connectivity index (χ1n) is 7.28. The molecule has 0 aliphatic rings. The Morgan fingerprint density at radius 1 is 1.04 bits per heavy atom. The van der Waals surface area contributed by atoms with Crippen molar-refractivity contribution in [2.24, 2.45) is 0 Å². The van der Waals surface area contributed by atoms with Crippen molar-refractivity contribution < 1.29 is 29.6 Å². The Bertz CT molecular complexity index is 504. The van der Waals surface area contributed by atoms with Crippen molar-refractivity contribution in [1.29, 1.82) is 0 Å². The van der Waals surface area contributed by atoms with Crippen LogP contribution in [0.15, 0.2) is 12.1 Å². The predicted octanol–water partition coefficient (Wildman–Crippen LogP) is 1.12. The van der Waals surface area contributed by atoms with E-state index in [1.807, 2.05) is 0 Å². The average Bonchev–Trinajstić information content (AvgIpc) is 2.50. The summed E-state index contributed by atoms with van der Waals surface area (Å²) in [7, 11) is 0. The summed E-state index contributed by atoms with van der Waals surface area (Å²) in [4.78, 5) is 18.2. The zero-order valence-electron chi connectivity index (χ0n) is 13.8. The van der Waals surface area contributed by atoms with Gasteiger partial charge in [0, 0.05) is 6.54 Å². The maximum absolute atomic E-state index is 9.10. The van der Waals surface area contributed by atoms with E-state index in [1.54, 1.807) is 0 Å². The molecule has 0 saturated carbocycles. The van der Waals surface area contributed by atoms with Crippen LogP contribution in [0.3, 0.4) is 0 Å². The van der Waals surface area contributed by atoms with Crippen LogP contribution in [0.5, 0.6) is 5.75 Å². The van der Waals surface area contributed by atoms with Gasteiger partial charge >= 0.3 is 11.9 Å². The van der Waals surface area contributed by atoms with Crippen LogP contribution in [0.1, 0.15) is 23.1 Å². The summed E-state index contributed by atoms with van der Waals surface area (Å²) < 4.78 is 5.83. The van der Waals surface area contributed by atoms with Crippen LogP contribution in [-0.4, -0.2) is 53.6 Å². The van der Waals surface area contributed by atoms with E-state index in [2.05, 4.69) is 38.2 Å². The number of aliphatic carboxylic acids is 2. The summed E-state index contributed by atoms with van der Waals surface area (Å²) in [5, 5.41) is 26.5. The van der Waals surface area contributed by atoms with E-state index in [4.69, 9.17) is 29.6 Å². The lowest BCUT2D eigenvalue weighted by atomic mass is 10.1. The van der Waals surface area contributed by atoms with Gasteiger partial charge in [-0.15, -0.1) is 0 Å². The second kappa shape index (κ2) is 11.4. The van der Waals surface area contributed by atoms with Crippen LogP contribution in [0.2, 0.25) is 0 Å². The van der Waals surface area contributed by atoms with Gasteiger partial charge in [-0.3, -0.25) is 0 Å². The first-order valence-corrected chi connectivity index (χ1v) is 7.28. The number of hydrogen-bond acceptors (Lipinski definition) is 5. The van der Waals surface area contributed by atoms with Gasteiger partial charge in [-0.05, 0) is 50.4 Å². The minimum absolute atomic E-state index is 0.191. The van der Waals surface area contributed by atoms with Crippen molar-refractivity contribution in [3.05, 3.63) is 28.8 Å². The van der Waals surface area contributed by atoms with Crippen LogP contribution in [-0.2, 0) is 9.59 Å². The minimum Gasteiger partial charge on any atom is -0.493 e. The summed E-state index contributed by atoms with van der Waals surface area (Å²) in [6, 6.07) is 4.22. The molecule has 23 heavy (non-hydrogen) atoms. The zero-order valence-corrected chi connectivity index (χ0v) is 13.8. The van der Waals surface area contributed by atoms with E-state index >= 15 is 0 Å². The Labute approximate surface area is 135 Å². The molecule has 1 aromatic carbocycles. The van der Waals surface area contributed by atoms with Crippen molar-refractivity contribution in [3.63, 3.8) is 0 Å². The van der Waals surface area contributed by atoms with Crippen LogP contribution in [0.4, 0.5) is 0 Å². The standard InChI is InChI=1S/C14H23NO2.C2H2O4/c1-11-5-6-12(2)14(13(11)3)17-10-4-7-15-8-9-16;3-1(4)2(5)6/h5-6,15-16H,4,7-10H2,1-3H3;(H,3,4)(H,5,6). The van der Waals surface area contributed by atoms with E-state index in [9.17, 15) is 0 Å². The SMILES string of the molecule is Cc1ccc(C)c(OCCCNCCO)c1C.O=C(O)C(=O)O. The number of aryl methyl sites for hydroxylation is 2. The summed E-state index contributed by atoms with van der Waals surface area (Å²) >= 11 is 0. The highest BCUT2D eigenvalue weighted by atomic mass is 16.5. The number of aliphatic hydroxyl groups is 1. The first kappa shape index (κ1) is 20.9. The molecule has 1 rings (SSSR count). The van der Waals surface area contributed by atoms with Gasteiger partial charge in [-0.1, -0.05) is 12.1 Å². The molecule has 1 aromatic rings. The normalized spacial score (nSPS) is 9.74. The van der Waals surface area contributed by atoms with Gasteiger partial charge in [0.15, 0.2) is 0 Å². The summed E-state index contributed by atoms with van der Waals surface area (Å²) in [5.74, 6) is -2.63. The largest absolute Gasteiger partial charge is 0.493 e. The number of hydrogen-bond donors (Lipinski definition) is 4. The maximum atomic E-state index is 9.10. The Balaban J connectivity index is 0.000000688. The van der Waals surface area contributed by atoms with E-state index in [0.29, 0.717) is 13.2 Å². The zero-order chi connectivity index (χ0) is 17.8. The highest BCUT2D eigenvalue weighted by Gasteiger charge is 2.05. The predicted molar refractivity (Wildman–Crippen MR) is 86.0 cm³/mol. The van der Waals surface area contributed by atoms with Gasteiger partial charge in [-0.25, -0.2) is 9.59 Å². The quantitative estimate of drug-likeness (QED) is 0.438. The van der Waals surface area contributed by atoms with Crippen molar-refractivity contribution in [2.45, 2.75) is 27.2 Å². The summed E-state index contributed by atoms with van der Waals surface area (Å²) in [6.45, 7) is 8.71. The van der Waals surface area contributed by atoms with E-state index < -0.39 is 11.9 Å². The van der Waals surface area contributed by atoms with Gasteiger partial charge in [0.2, 0.25) is 0 Å². The number of carbonyl (C=O) groups is 2. The smallest absolute Gasteiger partial charge is 0.414 e. The molecule has 0 amide bonds. The summed E-state index contributed by atoms with van der Waals surface area (Å²) in [6.07, 6.45) is 0.951. The Morgan fingerprint density at radius 2 is 1.61 bits per heavy atom. The molecule has 0 aromatic heterocycles. The Morgan fingerprint density at radius 3 is 2.13 bits per heavy atom. The maximum Gasteiger partial charge on any atom is 0.414 e. The molecule has 0 heterocycles. The van der Waals surface area contributed by atoms with Gasteiger partial charge in [-0.2, -0.15) is 0 Å². The highest BCUT2D eigenvalue weighted by Crippen LogP contribution is 2.25. The van der Waals surface area contributed by atoms with Crippen LogP contribution in [0.25, 0.3) is 0 Å². The summed E-state index contributed by atoms with van der Waals surface area (Å²) in [5.41, 5.74) is 3.69. The molecule has 0 aliphatic heterocycles. The number of ether oxygens (including phenoxy) is 1. The van der Waals surface area contributed by atoms with E-state index in [-0.39, 0.29) is 6.61 Å². The Hall–Kier alpha value is -2.12. The van der Waals surface area contributed by atoms with Crippen molar-refractivity contribution in [2.75, 3.05) is 26.3 Å². The second-order valence-corrected chi connectivity index (χ2v) is 4.94. The van der Waals surface area contributed by atoms with Gasteiger partial charge in [0.25, 0.3) is 0 Å². The Kier molecular flexibility index (Phi) is 10.4. The third-order valence-corrected chi connectivity index (χ3v) is 3.09. The fourth-order valence-corrected chi connectivity index (χ4v) is 1.72. The number of aliphatic hydroxyl groups excluding tert-OH is 1. The van der Waals surface area contributed by atoms with Gasteiger partial charge in [0.05, 0.1) is 13.2 Å². The number of carboxylic acid groups (broad SMARTS) is 2. The number of carboxylic acids is 2. The lowest BCUT2D eigenvalue weighted by Gasteiger charge is -2.14. The monoisotopic (exact) mass is 327 g/mol. The fraction of sp³-hybridized carbons (Fsp3) is 0.500. The van der Waals surface area contributed by atoms with Gasteiger partial charge in [0.1, 0.15) is 5.75 Å². The number of benzene rings is 1. The topological polar surface area (TPSA) is 116 Å². The van der Waals surface area contributed by atoms with Crippen molar-refractivity contribution >= 4 is 11.9 Å². The average molecular weight is 327 g/mol. The van der Waals surface area contributed by atoms with E-state index in [1.165, 1.54) is 16.7 Å². The molecule has 0 spiro atoms. The number of nitrogens with one attached hydrogen (secondary N) is 1. The molecule has 0 atom stereocenters. The third-order valence-electron chi connectivity index (χ3n) is 3.09. The molecule has 4 N–H and O–H groups in total. The lowest BCUT2D eigenvalue weighted by Crippen LogP contribution is -2.21. The molecule has 0 bridgehead atoms. The third kappa shape index (κ3) is 8.80. The molecule has 7 nitrogen and oxygen atoms in total. The molecule has 0 fully saturated rings. The molecule has 0 unspecified atom stereocenters. The van der Waals surface area contributed by atoms with Crippen LogP contribution < -0.4 is 10.1 Å². The van der Waals surface area contributed by atoms with Gasteiger partial charge < -0.3 is 25.4 Å². The lowest BCUT2D eigenvalue weighted by molar-refractivity contribution is -0.159. The minimum atomic E-state index is -1.82. The van der Waals surface area contributed by atoms with Crippen molar-refractivity contribution in [1.82, 2.24) is 5.32 Å². The second-order valence-electron chi connectivity index (χ2n) is 4.94. The molecule has 7 heteroatoms. The molecule has 130 valence electrons. The van der Waals surface area contributed by atoms with Crippen LogP contribution >= 0.6 is 0 Å².